The number of benzene rings is 4. The fraction of sp³-hybridized carbons (Fsp3) is 0.282. The highest BCUT2D eigenvalue weighted by atomic mass is 16.5. The van der Waals surface area contributed by atoms with Gasteiger partial charge in [0.2, 0.25) is 11.7 Å². The molecule has 2 aliphatic rings. The quantitative estimate of drug-likeness (QED) is 0.209. The third-order valence-electron chi connectivity index (χ3n) is 9.17. The van der Waals surface area contributed by atoms with Crippen LogP contribution in [-0.4, -0.2) is 82.6 Å². The molecule has 2 heterocycles. The minimum atomic E-state index is -1.26. The van der Waals surface area contributed by atoms with E-state index in [4.69, 9.17) is 18.9 Å². The number of carbonyl (C=O) groups is 4. The van der Waals surface area contributed by atoms with Gasteiger partial charge in [-0.25, -0.2) is 0 Å². The molecule has 12 heteroatoms. The van der Waals surface area contributed by atoms with Crippen LogP contribution >= 0.6 is 0 Å². The second-order valence-corrected chi connectivity index (χ2v) is 12.2. The van der Waals surface area contributed by atoms with Gasteiger partial charge in [-0.05, 0) is 72.1 Å². The van der Waals surface area contributed by atoms with Crippen molar-refractivity contribution in [3.8, 4) is 17.2 Å². The SMILES string of the molecule is COc1cc(C(C(=O)Nc2ccc(N3CCOCC3)cc2)N(Cc2ccccc2C)C(=O)CN2C(=O)C(=O)c3ccccc32)cc(OC)c1OC. The van der Waals surface area contributed by atoms with E-state index in [0.717, 1.165) is 29.9 Å². The van der Waals surface area contributed by atoms with E-state index in [2.05, 4.69) is 10.2 Å². The molecular weight excluding hydrogens is 652 g/mol. The van der Waals surface area contributed by atoms with Gasteiger partial charge in [0.1, 0.15) is 12.6 Å². The van der Waals surface area contributed by atoms with Crippen LogP contribution in [0.3, 0.4) is 0 Å². The normalized spacial score (nSPS) is 14.5. The van der Waals surface area contributed by atoms with Crippen LogP contribution in [-0.2, 0) is 25.7 Å². The Hall–Kier alpha value is -5.88. The van der Waals surface area contributed by atoms with Crippen molar-refractivity contribution in [2.45, 2.75) is 19.5 Å². The van der Waals surface area contributed by atoms with E-state index >= 15 is 0 Å². The fourth-order valence-corrected chi connectivity index (χ4v) is 6.45. The van der Waals surface area contributed by atoms with Gasteiger partial charge in [0, 0.05) is 31.0 Å². The van der Waals surface area contributed by atoms with E-state index in [0.29, 0.717) is 35.9 Å². The van der Waals surface area contributed by atoms with Crippen LogP contribution in [0.5, 0.6) is 17.2 Å². The lowest BCUT2D eigenvalue weighted by Gasteiger charge is -2.33. The Morgan fingerprint density at radius 3 is 2.16 bits per heavy atom. The summed E-state index contributed by atoms with van der Waals surface area (Å²) in [4.78, 5) is 60.1. The summed E-state index contributed by atoms with van der Waals surface area (Å²) in [5.41, 5.74) is 4.14. The Bertz CT molecular complexity index is 1910. The lowest BCUT2D eigenvalue weighted by molar-refractivity contribution is -0.139. The number of ketones is 1. The summed E-state index contributed by atoms with van der Waals surface area (Å²) in [6.07, 6.45) is 0. The van der Waals surface area contributed by atoms with E-state index in [1.807, 2.05) is 55.5 Å². The molecule has 1 unspecified atom stereocenters. The number of hydrogen-bond donors (Lipinski definition) is 1. The fourth-order valence-electron chi connectivity index (χ4n) is 6.45. The van der Waals surface area contributed by atoms with Crippen LogP contribution in [0.2, 0.25) is 0 Å². The lowest BCUT2D eigenvalue weighted by Crippen LogP contribution is -2.46. The summed E-state index contributed by atoms with van der Waals surface area (Å²) in [5, 5.41) is 3.01. The van der Waals surface area contributed by atoms with Gasteiger partial charge in [-0.15, -0.1) is 0 Å². The first kappa shape index (κ1) is 35.0. The molecule has 0 aliphatic carbocycles. The van der Waals surface area contributed by atoms with Gasteiger partial charge < -0.3 is 34.1 Å². The summed E-state index contributed by atoms with van der Waals surface area (Å²) < 4.78 is 22.3. The molecule has 2 aliphatic heterocycles. The van der Waals surface area contributed by atoms with Gasteiger partial charge in [0.05, 0.1) is 45.8 Å². The van der Waals surface area contributed by atoms with Gasteiger partial charge in [-0.2, -0.15) is 0 Å². The summed E-state index contributed by atoms with van der Waals surface area (Å²) in [7, 11) is 4.41. The maximum Gasteiger partial charge on any atom is 0.299 e. The summed E-state index contributed by atoms with van der Waals surface area (Å²) >= 11 is 0. The van der Waals surface area contributed by atoms with Crippen molar-refractivity contribution in [3.05, 3.63) is 107 Å². The van der Waals surface area contributed by atoms with Gasteiger partial charge in [0.15, 0.2) is 11.5 Å². The molecule has 264 valence electrons. The molecule has 0 aromatic heterocycles. The zero-order valence-corrected chi connectivity index (χ0v) is 29.0. The number of morpholine rings is 1. The summed E-state index contributed by atoms with van der Waals surface area (Å²) in [5.74, 6) is -1.69. The zero-order valence-electron chi connectivity index (χ0n) is 29.0. The number of methoxy groups -OCH3 is 3. The van der Waals surface area contributed by atoms with Crippen molar-refractivity contribution in [1.29, 1.82) is 0 Å². The number of nitrogens with one attached hydrogen (secondary N) is 1. The number of anilines is 3. The number of hydrogen-bond acceptors (Lipinski definition) is 9. The van der Waals surface area contributed by atoms with Crippen LogP contribution in [0.1, 0.15) is 33.1 Å². The minimum Gasteiger partial charge on any atom is -0.493 e. The summed E-state index contributed by atoms with van der Waals surface area (Å²) in [6.45, 7) is 4.26. The Morgan fingerprint density at radius 2 is 1.51 bits per heavy atom. The average Bonchev–Trinajstić information content (AvgIpc) is 3.40. The molecule has 4 aromatic carbocycles. The van der Waals surface area contributed by atoms with E-state index < -0.39 is 36.1 Å². The first-order valence-corrected chi connectivity index (χ1v) is 16.6. The third-order valence-corrected chi connectivity index (χ3v) is 9.17. The van der Waals surface area contributed by atoms with Crippen molar-refractivity contribution >= 4 is 40.6 Å². The molecule has 1 N–H and O–H groups in total. The van der Waals surface area contributed by atoms with Gasteiger partial charge in [-0.1, -0.05) is 36.4 Å². The monoisotopic (exact) mass is 692 g/mol. The highest BCUT2D eigenvalue weighted by Gasteiger charge is 2.40. The number of nitrogens with zero attached hydrogens (tertiary/aromatic N) is 3. The number of rotatable bonds is 12. The molecule has 12 nitrogen and oxygen atoms in total. The number of carbonyl (C=O) groups excluding carboxylic acids is 4. The molecule has 4 aromatic rings. The van der Waals surface area contributed by atoms with Crippen LogP contribution in [0.4, 0.5) is 17.1 Å². The smallest absolute Gasteiger partial charge is 0.299 e. The van der Waals surface area contributed by atoms with E-state index in [-0.39, 0.29) is 23.6 Å². The van der Waals surface area contributed by atoms with Crippen molar-refractivity contribution in [1.82, 2.24) is 4.90 Å². The highest BCUT2D eigenvalue weighted by molar-refractivity contribution is 6.52. The molecule has 3 amide bonds. The second kappa shape index (κ2) is 15.3. The minimum absolute atomic E-state index is 0.00778. The number of para-hydroxylation sites is 1. The average molecular weight is 693 g/mol. The highest BCUT2D eigenvalue weighted by Crippen LogP contribution is 2.41. The van der Waals surface area contributed by atoms with E-state index in [1.54, 1.807) is 36.4 Å². The van der Waals surface area contributed by atoms with Crippen molar-refractivity contribution in [2.24, 2.45) is 0 Å². The summed E-state index contributed by atoms with van der Waals surface area (Å²) in [6, 6.07) is 23.6. The Balaban J connectivity index is 1.43. The van der Waals surface area contributed by atoms with Gasteiger partial charge in [-0.3, -0.25) is 24.1 Å². The van der Waals surface area contributed by atoms with Crippen molar-refractivity contribution < 1.29 is 38.1 Å². The van der Waals surface area contributed by atoms with Crippen LogP contribution in [0.15, 0.2) is 84.9 Å². The molecule has 51 heavy (non-hydrogen) atoms. The lowest BCUT2D eigenvalue weighted by atomic mass is 10.00. The number of fused-ring (bicyclic) bond motifs is 1. The Labute approximate surface area is 296 Å². The number of ether oxygens (including phenoxy) is 4. The first-order valence-electron chi connectivity index (χ1n) is 16.6. The third kappa shape index (κ3) is 7.22. The molecular formula is C39H40N4O8. The molecule has 1 atom stereocenters. The van der Waals surface area contributed by atoms with Gasteiger partial charge in [0.25, 0.3) is 17.6 Å². The van der Waals surface area contributed by atoms with Crippen molar-refractivity contribution in [2.75, 3.05) is 69.3 Å². The van der Waals surface area contributed by atoms with E-state index in [9.17, 15) is 19.2 Å². The van der Waals surface area contributed by atoms with Crippen LogP contribution in [0, 0.1) is 6.92 Å². The number of Topliss-reactive ketones (excluding diaryl/α,β-unsaturated/α-hetero) is 1. The van der Waals surface area contributed by atoms with Crippen molar-refractivity contribution in [3.63, 3.8) is 0 Å². The topological polar surface area (TPSA) is 127 Å². The predicted molar refractivity (Wildman–Crippen MR) is 192 cm³/mol. The number of amides is 3. The molecule has 1 fully saturated rings. The standard InChI is InChI=1S/C39H40N4O8/c1-25-9-5-6-10-26(25)23-43(34(44)24-42-31-12-8-7-11-30(31)36(45)39(42)47)35(27-21-32(48-2)37(50-4)33(22-27)49-3)38(46)40-28-13-15-29(16-14-28)41-17-19-51-20-18-41/h5-16,21-22,35H,17-20,23-24H2,1-4H3,(H,40,46). The maximum absolute atomic E-state index is 14.6. The van der Waals surface area contributed by atoms with Crippen LogP contribution in [0.25, 0.3) is 0 Å². The molecule has 0 spiro atoms. The molecule has 6 rings (SSSR count). The predicted octanol–water partition coefficient (Wildman–Crippen LogP) is 4.80. The van der Waals surface area contributed by atoms with Crippen LogP contribution < -0.4 is 29.3 Å². The molecule has 0 saturated carbocycles. The molecule has 0 radical (unpaired) electrons. The van der Waals surface area contributed by atoms with Gasteiger partial charge >= 0.3 is 0 Å². The maximum atomic E-state index is 14.6. The number of aryl methyl sites for hydroxylation is 1. The Morgan fingerprint density at radius 1 is 0.863 bits per heavy atom. The van der Waals surface area contributed by atoms with E-state index in [1.165, 1.54) is 31.1 Å². The zero-order chi connectivity index (χ0) is 36.1. The second-order valence-electron chi connectivity index (χ2n) is 12.2. The largest absolute Gasteiger partial charge is 0.493 e. The molecule has 1 saturated heterocycles. The first-order chi connectivity index (χ1) is 24.7. The molecule has 0 bridgehead atoms. The Kier molecular flexibility index (Phi) is 10.5.